The average Bonchev–Trinajstić information content (AvgIpc) is 2.82. The number of fused-ring (bicyclic) bond motifs is 5. The summed E-state index contributed by atoms with van der Waals surface area (Å²) in [4.78, 5) is 38.1. The molecule has 0 aromatic rings. The lowest BCUT2D eigenvalue weighted by Crippen LogP contribution is -2.61. The van der Waals surface area contributed by atoms with Crippen LogP contribution in [0.3, 0.4) is 0 Å². The van der Waals surface area contributed by atoms with Crippen LogP contribution in [0.2, 0.25) is 0 Å². The molecule has 4 aliphatic rings. The highest BCUT2D eigenvalue weighted by Crippen LogP contribution is 2.63. The second-order valence-electron chi connectivity index (χ2n) is 8.87. The first-order valence-corrected chi connectivity index (χ1v) is 9.08. The van der Waals surface area contributed by atoms with Gasteiger partial charge in [0.15, 0.2) is 0 Å². The van der Waals surface area contributed by atoms with Crippen molar-refractivity contribution >= 4 is 17.3 Å². The van der Waals surface area contributed by atoms with E-state index in [1.807, 2.05) is 6.92 Å². The van der Waals surface area contributed by atoms with E-state index in [1.165, 1.54) is 0 Å². The smallest absolute Gasteiger partial charge is 0.202 e. The van der Waals surface area contributed by atoms with Gasteiger partial charge in [0.25, 0.3) is 0 Å². The highest BCUT2D eigenvalue weighted by atomic mass is 16.3. The molecule has 0 amide bonds. The molecule has 0 bridgehead atoms. The van der Waals surface area contributed by atoms with Gasteiger partial charge in [0, 0.05) is 23.7 Å². The molecular weight excluding hydrogens is 292 g/mol. The monoisotopic (exact) mass is 318 g/mol. The number of hydrogen-bond acceptors (Lipinski definition) is 4. The summed E-state index contributed by atoms with van der Waals surface area (Å²) in [5, 5.41) is 9.98. The number of carbonyl (C=O) groups excluding carboxylic acids is 3. The minimum absolute atomic E-state index is 0.0508. The third-order valence-corrected chi connectivity index (χ3v) is 8.01. The normalized spacial score (nSPS) is 52.8. The number of Topliss-reactive ketones (excluding diaryl/α,β-unsaturated/α-hetero) is 3. The molecule has 4 fully saturated rings. The second kappa shape index (κ2) is 4.75. The molecule has 4 aliphatic carbocycles. The van der Waals surface area contributed by atoms with E-state index in [9.17, 15) is 19.5 Å². The Bertz CT molecular complexity index is 596. The Morgan fingerprint density at radius 3 is 2.43 bits per heavy atom. The van der Waals surface area contributed by atoms with Crippen LogP contribution in [0.5, 0.6) is 0 Å². The Morgan fingerprint density at radius 1 is 0.957 bits per heavy atom. The lowest BCUT2D eigenvalue weighted by Gasteiger charge is -2.58. The highest BCUT2D eigenvalue weighted by Gasteiger charge is 2.65. The third-order valence-electron chi connectivity index (χ3n) is 8.01. The van der Waals surface area contributed by atoms with Crippen molar-refractivity contribution in [3.05, 3.63) is 0 Å². The van der Waals surface area contributed by atoms with Crippen LogP contribution in [0.15, 0.2) is 0 Å². The van der Waals surface area contributed by atoms with Crippen LogP contribution in [0.25, 0.3) is 0 Å². The minimum atomic E-state index is -0.455. The van der Waals surface area contributed by atoms with E-state index in [2.05, 4.69) is 6.92 Å². The number of hydrogen-bond donors (Lipinski definition) is 1. The van der Waals surface area contributed by atoms with E-state index in [1.54, 1.807) is 0 Å². The van der Waals surface area contributed by atoms with Crippen LogP contribution in [0.4, 0.5) is 0 Å². The molecular formula is C19H26O4. The molecule has 23 heavy (non-hydrogen) atoms. The number of rotatable bonds is 0. The summed E-state index contributed by atoms with van der Waals surface area (Å²) < 4.78 is 0. The van der Waals surface area contributed by atoms with Crippen LogP contribution in [-0.2, 0) is 14.4 Å². The molecule has 126 valence electrons. The maximum absolute atomic E-state index is 12.9. The van der Waals surface area contributed by atoms with Gasteiger partial charge >= 0.3 is 0 Å². The fourth-order valence-electron chi connectivity index (χ4n) is 6.52. The fourth-order valence-corrected chi connectivity index (χ4v) is 6.52. The van der Waals surface area contributed by atoms with Crippen LogP contribution in [-0.4, -0.2) is 28.6 Å². The van der Waals surface area contributed by atoms with Gasteiger partial charge in [-0.15, -0.1) is 0 Å². The second-order valence-corrected chi connectivity index (χ2v) is 8.87. The predicted octanol–water partition coefficient (Wildman–Crippen LogP) is 2.32. The van der Waals surface area contributed by atoms with Gasteiger partial charge in [-0.1, -0.05) is 13.8 Å². The van der Waals surface area contributed by atoms with Gasteiger partial charge in [-0.3, -0.25) is 14.4 Å². The Hall–Kier alpha value is -1.03. The molecule has 4 rings (SSSR count). The van der Waals surface area contributed by atoms with Crippen molar-refractivity contribution in [3.63, 3.8) is 0 Å². The Morgan fingerprint density at radius 2 is 1.70 bits per heavy atom. The molecule has 7 atom stereocenters. The van der Waals surface area contributed by atoms with E-state index in [4.69, 9.17) is 0 Å². The summed E-state index contributed by atoms with van der Waals surface area (Å²) in [6, 6.07) is 0. The van der Waals surface area contributed by atoms with Crippen LogP contribution >= 0.6 is 0 Å². The number of aliphatic hydroxyl groups excluding tert-OH is 1. The first-order chi connectivity index (χ1) is 10.8. The van der Waals surface area contributed by atoms with Crippen molar-refractivity contribution in [3.8, 4) is 0 Å². The Kier molecular flexibility index (Phi) is 3.20. The van der Waals surface area contributed by atoms with Crippen molar-refractivity contribution in [1.29, 1.82) is 0 Å². The zero-order valence-corrected chi connectivity index (χ0v) is 14.0. The standard InChI is InChI=1S/C19H26O4/c1-18-7-5-10(20)9-13(18)16(22)17(23)15-11-3-4-14(21)19(11,2)8-6-12(15)18/h10-13,15,20H,3-9H2,1-2H3/t10?,11?,12?,13?,15?,18-,19+/m1/s1. The fraction of sp³-hybridized carbons (Fsp3) is 0.842. The first kappa shape index (κ1) is 15.5. The van der Waals surface area contributed by atoms with Crippen molar-refractivity contribution in [2.75, 3.05) is 0 Å². The molecule has 0 aromatic carbocycles. The van der Waals surface area contributed by atoms with Crippen molar-refractivity contribution < 1.29 is 19.5 Å². The first-order valence-electron chi connectivity index (χ1n) is 9.08. The van der Waals surface area contributed by atoms with Crippen molar-refractivity contribution in [2.24, 2.45) is 34.5 Å². The van der Waals surface area contributed by atoms with Gasteiger partial charge in [-0.25, -0.2) is 0 Å². The zero-order valence-electron chi connectivity index (χ0n) is 14.0. The largest absolute Gasteiger partial charge is 0.393 e. The molecule has 1 N–H and O–H groups in total. The summed E-state index contributed by atoms with van der Waals surface area (Å²) in [5.74, 6) is -0.546. The lowest BCUT2D eigenvalue weighted by atomic mass is 9.44. The minimum Gasteiger partial charge on any atom is -0.393 e. The predicted molar refractivity (Wildman–Crippen MR) is 83.5 cm³/mol. The molecule has 0 radical (unpaired) electrons. The summed E-state index contributed by atoms with van der Waals surface area (Å²) in [5.41, 5.74) is -0.573. The molecule has 0 spiro atoms. The van der Waals surface area contributed by atoms with E-state index < -0.39 is 11.5 Å². The average molecular weight is 318 g/mol. The van der Waals surface area contributed by atoms with E-state index in [0.29, 0.717) is 12.8 Å². The molecule has 5 unspecified atom stereocenters. The summed E-state index contributed by atoms with van der Waals surface area (Å²) >= 11 is 0. The van der Waals surface area contributed by atoms with Gasteiger partial charge in [-0.2, -0.15) is 0 Å². The zero-order chi connectivity index (χ0) is 16.6. The molecule has 4 nitrogen and oxygen atoms in total. The van der Waals surface area contributed by atoms with E-state index in [0.717, 1.165) is 32.1 Å². The molecule has 4 saturated carbocycles. The topological polar surface area (TPSA) is 71.4 Å². The lowest BCUT2D eigenvalue weighted by molar-refractivity contribution is -0.170. The van der Waals surface area contributed by atoms with Crippen LogP contribution < -0.4 is 0 Å². The summed E-state index contributed by atoms with van der Waals surface area (Å²) in [6.45, 7) is 4.17. The third kappa shape index (κ3) is 1.84. The van der Waals surface area contributed by atoms with Crippen molar-refractivity contribution in [2.45, 2.75) is 64.9 Å². The van der Waals surface area contributed by atoms with Crippen LogP contribution in [0.1, 0.15) is 58.8 Å². The molecule has 0 aliphatic heterocycles. The number of carbonyl (C=O) groups is 3. The van der Waals surface area contributed by atoms with Gasteiger partial charge in [0.1, 0.15) is 5.78 Å². The summed E-state index contributed by atoms with van der Waals surface area (Å²) in [6.07, 6.45) is 4.56. The maximum Gasteiger partial charge on any atom is 0.202 e. The Labute approximate surface area is 137 Å². The molecule has 0 aromatic heterocycles. The quantitative estimate of drug-likeness (QED) is 0.696. The molecule has 0 heterocycles. The number of ketones is 3. The van der Waals surface area contributed by atoms with E-state index in [-0.39, 0.29) is 46.4 Å². The molecule has 4 heteroatoms. The highest BCUT2D eigenvalue weighted by molar-refractivity contribution is 6.39. The van der Waals surface area contributed by atoms with Gasteiger partial charge in [-0.05, 0) is 55.8 Å². The maximum atomic E-state index is 12.9. The Balaban J connectivity index is 1.76. The van der Waals surface area contributed by atoms with Gasteiger partial charge in [0.05, 0.1) is 6.10 Å². The van der Waals surface area contributed by atoms with Crippen molar-refractivity contribution in [1.82, 2.24) is 0 Å². The van der Waals surface area contributed by atoms with Crippen LogP contribution in [0, 0.1) is 34.5 Å². The summed E-state index contributed by atoms with van der Waals surface area (Å²) in [7, 11) is 0. The number of aliphatic hydroxyl groups is 1. The molecule has 0 saturated heterocycles. The van der Waals surface area contributed by atoms with Gasteiger partial charge < -0.3 is 5.11 Å². The van der Waals surface area contributed by atoms with E-state index >= 15 is 0 Å². The SMILES string of the molecule is C[C@]12CCC(O)CC1C(=O)C(=O)C1C2CC[C@]2(C)C(=O)CCC12. The van der Waals surface area contributed by atoms with Gasteiger partial charge in [0.2, 0.25) is 11.6 Å².